The van der Waals surface area contributed by atoms with Gasteiger partial charge in [0.05, 0.1) is 5.69 Å². The molecule has 0 saturated carbocycles. The van der Waals surface area contributed by atoms with E-state index in [1.54, 1.807) is 0 Å². The Balaban J connectivity index is 2.65. The van der Waals surface area contributed by atoms with Crippen molar-refractivity contribution in [2.24, 2.45) is 11.7 Å². The van der Waals surface area contributed by atoms with Crippen molar-refractivity contribution in [1.82, 2.24) is 5.16 Å². The van der Waals surface area contributed by atoms with Crippen LogP contribution < -0.4 is 11.4 Å². The van der Waals surface area contributed by atoms with Crippen LogP contribution in [0.5, 0.6) is 0 Å². The van der Waals surface area contributed by atoms with Gasteiger partial charge in [-0.15, -0.1) is 0 Å². The number of hydrogen-bond donors (Lipinski definition) is 2. The van der Waals surface area contributed by atoms with Gasteiger partial charge in [-0.05, 0) is 12.3 Å². The van der Waals surface area contributed by atoms with E-state index in [4.69, 9.17) is 5.73 Å². The van der Waals surface area contributed by atoms with Gasteiger partial charge in [-0.3, -0.25) is 0 Å². The van der Waals surface area contributed by atoms with Crippen molar-refractivity contribution in [1.29, 1.82) is 0 Å². The van der Waals surface area contributed by atoms with E-state index in [0.29, 0.717) is 11.6 Å². The van der Waals surface area contributed by atoms with Crippen LogP contribution in [-0.4, -0.2) is 5.16 Å². The summed E-state index contributed by atoms with van der Waals surface area (Å²) in [6, 6.07) is 1.27. The highest BCUT2D eigenvalue weighted by Gasteiger charge is 2.10. The van der Waals surface area contributed by atoms with Crippen LogP contribution in [-0.2, 0) is 0 Å². The molecule has 0 aromatic carbocycles. The molecule has 12 heavy (non-hydrogen) atoms. The molecule has 0 amide bonds. The topological polar surface area (TPSA) is 72.0 Å². The van der Waals surface area contributed by atoms with Crippen LogP contribution in [0.1, 0.15) is 32.0 Å². The molecule has 0 fully saturated rings. The van der Waals surface area contributed by atoms with E-state index >= 15 is 0 Å². The summed E-state index contributed by atoms with van der Waals surface area (Å²) in [6.45, 7) is 4.16. The Morgan fingerprint density at radius 3 is 2.75 bits per heavy atom. The van der Waals surface area contributed by atoms with E-state index in [9.17, 15) is 4.79 Å². The average molecular weight is 170 g/mol. The van der Waals surface area contributed by atoms with Crippen LogP contribution in [0.25, 0.3) is 0 Å². The smallest absolute Gasteiger partial charge is 0.339 e. The molecule has 4 heteroatoms. The van der Waals surface area contributed by atoms with Crippen molar-refractivity contribution in [2.45, 2.75) is 26.3 Å². The summed E-state index contributed by atoms with van der Waals surface area (Å²) in [6.07, 6.45) is 0.843. The van der Waals surface area contributed by atoms with Gasteiger partial charge in [-0.2, -0.15) is 0 Å². The lowest BCUT2D eigenvalue weighted by molar-refractivity contribution is 0.374. The third-order valence-electron chi connectivity index (χ3n) is 1.67. The fraction of sp³-hybridized carbons (Fsp3) is 0.625. The number of aromatic nitrogens is 1. The van der Waals surface area contributed by atoms with Crippen LogP contribution >= 0.6 is 0 Å². The molecule has 1 rings (SSSR count). The van der Waals surface area contributed by atoms with Gasteiger partial charge in [0, 0.05) is 12.1 Å². The zero-order valence-electron chi connectivity index (χ0n) is 7.33. The Labute approximate surface area is 70.7 Å². The summed E-state index contributed by atoms with van der Waals surface area (Å²) in [5.41, 5.74) is 6.08. The van der Waals surface area contributed by atoms with E-state index < -0.39 is 0 Å². The van der Waals surface area contributed by atoms with Gasteiger partial charge in [-0.25, -0.2) is 9.95 Å². The summed E-state index contributed by atoms with van der Waals surface area (Å²) < 4.78 is 4.51. The first kappa shape index (κ1) is 9.06. The predicted molar refractivity (Wildman–Crippen MR) is 45.7 cm³/mol. The zero-order chi connectivity index (χ0) is 9.14. The van der Waals surface area contributed by atoms with E-state index in [1.807, 2.05) is 0 Å². The molecule has 68 valence electrons. The quantitative estimate of drug-likeness (QED) is 0.711. The summed E-state index contributed by atoms with van der Waals surface area (Å²) in [5.74, 6) is 0.512. The lowest BCUT2D eigenvalue weighted by Gasteiger charge is -2.10. The minimum atomic E-state index is -0.371. The fourth-order valence-corrected chi connectivity index (χ4v) is 1.11. The first-order valence-corrected chi connectivity index (χ1v) is 4.03. The van der Waals surface area contributed by atoms with Gasteiger partial charge in [0.25, 0.3) is 0 Å². The molecular weight excluding hydrogens is 156 g/mol. The maximum absolute atomic E-state index is 10.6. The first-order chi connectivity index (χ1) is 5.59. The monoisotopic (exact) mass is 170 g/mol. The Bertz CT molecular complexity index is 287. The summed E-state index contributed by atoms with van der Waals surface area (Å²) in [5, 5.41) is 2.50. The van der Waals surface area contributed by atoms with Gasteiger partial charge < -0.3 is 10.3 Å². The van der Waals surface area contributed by atoms with Gasteiger partial charge in [0.1, 0.15) is 0 Å². The van der Waals surface area contributed by atoms with Crippen molar-refractivity contribution in [2.75, 3.05) is 0 Å². The molecule has 0 bridgehead atoms. The normalized spacial score (nSPS) is 13.7. The van der Waals surface area contributed by atoms with Gasteiger partial charge in [0.15, 0.2) is 0 Å². The Hall–Kier alpha value is -1.03. The molecule has 0 spiro atoms. The molecule has 0 saturated heterocycles. The number of rotatable bonds is 3. The van der Waals surface area contributed by atoms with Crippen LogP contribution in [0.2, 0.25) is 0 Å². The minimum Gasteiger partial charge on any atom is -0.339 e. The molecule has 1 heterocycles. The van der Waals surface area contributed by atoms with Crippen LogP contribution in [0, 0.1) is 5.92 Å². The number of nitrogens with one attached hydrogen (secondary N) is 1. The van der Waals surface area contributed by atoms with Crippen molar-refractivity contribution >= 4 is 0 Å². The molecule has 1 aromatic heterocycles. The zero-order valence-corrected chi connectivity index (χ0v) is 7.33. The van der Waals surface area contributed by atoms with Crippen molar-refractivity contribution in [3.05, 3.63) is 22.2 Å². The van der Waals surface area contributed by atoms with Crippen LogP contribution in [0.15, 0.2) is 15.4 Å². The molecule has 4 nitrogen and oxygen atoms in total. The van der Waals surface area contributed by atoms with E-state index in [-0.39, 0.29) is 11.7 Å². The largest absolute Gasteiger partial charge is 0.357 e. The second-order valence-corrected chi connectivity index (χ2v) is 3.36. The molecule has 0 aliphatic heterocycles. The Kier molecular flexibility index (Phi) is 2.70. The SMILES string of the molecule is CC(C)CC(N)c1cc(=O)o[nH]1. The average Bonchev–Trinajstić information content (AvgIpc) is 2.34. The number of nitrogens with two attached hydrogens (primary N) is 1. The highest BCUT2D eigenvalue weighted by atomic mass is 16.5. The first-order valence-electron chi connectivity index (χ1n) is 4.03. The summed E-state index contributed by atoms with van der Waals surface area (Å²) >= 11 is 0. The maximum Gasteiger partial charge on any atom is 0.357 e. The minimum absolute atomic E-state index is 0.128. The molecule has 0 aliphatic carbocycles. The Morgan fingerprint density at radius 2 is 2.33 bits per heavy atom. The second kappa shape index (κ2) is 3.58. The molecule has 0 aliphatic rings. The third-order valence-corrected chi connectivity index (χ3v) is 1.67. The molecule has 3 N–H and O–H groups in total. The molecule has 1 aromatic rings. The van der Waals surface area contributed by atoms with E-state index in [1.165, 1.54) is 6.07 Å². The lowest BCUT2D eigenvalue weighted by atomic mass is 10.0. The summed E-state index contributed by atoms with van der Waals surface area (Å²) in [7, 11) is 0. The van der Waals surface area contributed by atoms with Gasteiger partial charge in [-0.1, -0.05) is 13.8 Å². The summed E-state index contributed by atoms with van der Waals surface area (Å²) in [4.78, 5) is 10.6. The van der Waals surface area contributed by atoms with Gasteiger partial charge >= 0.3 is 5.63 Å². The van der Waals surface area contributed by atoms with E-state index in [0.717, 1.165) is 6.42 Å². The number of H-pyrrole nitrogens is 1. The molecule has 1 unspecified atom stereocenters. The third kappa shape index (κ3) is 2.23. The standard InChI is InChI=1S/C8H14N2O2/c1-5(2)3-6(9)7-4-8(11)12-10-7/h4-6,10H,3,9H2,1-2H3. The maximum atomic E-state index is 10.6. The second-order valence-electron chi connectivity index (χ2n) is 3.36. The molecule has 1 atom stereocenters. The van der Waals surface area contributed by atoms with Crippen molar-refractivity contribution in [3.63, 3.8) is 0 Å². The van der Waals surface area contributed by atoms with Crippen LogP contribution in [0.4, 0.5) is 0 Å². The van der Waals surface area contributed by atoms with Crippen LogP contribution in [0.3, 0.4) is 0 Å². The number of hydrogen-bond acceptors (Lipinski definition) is 3. The fourth-order valence-electron chi connectivity index (χ4n) is 1.11. The van der Waals surface area contributed by atoms with Crippen molar-refractivity contribution in [3.8, 4) is 0 Å². The Morgan fingerprint density at radius 1 is 1.67 bits per heavy atom. The molecular formula is C8H14N2O2. The van der Waals surface area contributed by atoms with Gasteiger partial charge in [0.2, 0.25) is 0 Å². The predicted octanol–water partition coefficient (Wildman–Crippen LogP) is 1.01. The van der Waals surface area contributed by atoms with Crippen molar-refractivity contribution < 1.29 is 4.52 Å². The highest BCUT2D eigenvalue weighted by molar-refractivity contribution is 5.01. The lowest BCUT2D eigenvalue weighted by Crippen LogP contribution is -2.13. The number of aromatic amines is 1. The highest BCUT2D eigenvalue weighted by Crippen LogP contribution is 2.14. The van der Waals surface area contributed by atoms with E-state index in [2.05, 4.69) is 23.5 Å². The molecule has 0 radical (unpaired) electrons.